The van der Waals surface area contributed by atoms with Crippen LogP contribution in [0.15, 0.2) is 10.9 Å². The number of H-pyrrole nitrogens is 1. The maximum atomic E-state index is 12.2. The van der Waals surface area contributed by atoms with Gasteiger partial charge in [0.2, 0.25) is 5.91 Å². The van der Waals surface area contributed by atoms with Gasteiger partial charge in [-0.15, -0.1) is 0 Å². The molecule has 1 aliphatic carbocycles. The maximum absolute atomic E-state index is 12.2. The van der Waals surface area contributed by atoms with E-state index in [4.69, 9.17) is 0 Å². The molecule has 6 nitrogen and oxygen atoms in total. The lowest BCUT2D eigenvalue weighted by molar-refractivity contribution is -0.132. The third kappa shape index (κ3) is 3.05. The Morgan fingerprint density at radius 1 is 1.33 bits per heavy atom. The highest BCUT2D eigenvalue weighted by Gasteiger charge is 2.19. The topological polar surface area (TPSA) is 69.3 Å². The molecule has 1 amide bonds. The van der Waals surface area contributed by atoms with Crippen molar-refractivity contribution in [2.24, 2.45) is 0 Å². The van der Waals surface area contributed by atoms with Gasteiger partial charge in [-0.2, -0.15) is 0 Å². The molecule has 0 spiro atoms. The van der Waals surface area contributed by atoms with E-state index in [2.05, 4.69) is 21.9 Å². The second-order valence-electron chi connectivity index (χ2n) is 5.67. The summed E-state index contributed by atoms with van der Waals surface area (Å²) in [6.45, 7) is 3.41. The van der Waals surface area contributed by atoms with Crippen LogP contribution in [0.1, 0.15) is 23.5 Å². The third-order valence-corrected chi connectivity index (χ3v) is 4.13. The van der Waals surface area contributed by atoms with Gasteiger partial charge in [0.25, 0.3) is 5.56 Å². The van der Waals surface area contributed by atoms with Gasteiger partial charge in [-0.05, 0) is 19.5 Å². The van der Waals surface area contributed by atoms with Crippen LogP contribution in [0.2, 0.25) is 0 Å². The van der Waals surface area contributed by atoms with Gasteiger partial charge in [0, 0.05) is 44.6 Å². The van der Waals surface area contributed by atoms with Crippen LogP contribution in [0.4, 0.5) is 0 Å². The van der Waals surface area contributed by atoms with E-state index in [1.807, 2.05) is 17.1 Å². The number of fused-ring (bicyclic) bond motifs is 1. The maximum Gasteiger partial charge on any atom is 0.254 e. The minimum Gasteiger partial charge on any atom is -0.340 e. The second kappa shape index (κ2) is 5.81. The van der Waals surface area contributed by atoms with Gasteiger partial charge in [0.05, 0.1) is 5.69 Å². The first-order chi connectivity index (χ1) is 10.1. The van der Waals surface area contributed by atoms with Crippen molar-refractivity contribution in [1.29, 1.82) is 0 Å². The molecule has 0 unspecified atom stereocenters. The van der Waals surface area contributed by atoms with E-state index < -0.39 is 0 Å². The summed E-state index contributed by atoms with van der Waals surface area (Å²) in [5.74, 6) is 0.745. The predicted molar refractivity (Wildman–Crippen MR) is 80.0 cm³/mol. The molecule has 0 atom stereocenters. The number of hydrogen-bond acceptors (Lipinski definition) is 4. The number of aromatic amines is 1. The van der Waals surface area contributed by atoms with Crippen LogP contribution in [0.25, 0.3) is 6.08 Å². The van der Waals surface area contributed by atoms with Crippen molar-refractivity contribution in [3.8, 4) is 0 Å². The zero-order valence-corrected chi connectivity index (χ0v) is 12.3. The van der Waals surface area contributed by atoms with E-state index >= 15 is 0 Å². The smallest absolute Gasteiger partial charge is 0.254 e. The first-order valence-electron chi connectivity index (χ1n) is 7.38. The van der Waals surface area contributed by atoms with Gasteiger partial charge in [0.15, 0.2) is 0 Å². The molecule has 21 heavy (non-hydrogen) atoms. The summed E-state index contributed by atoms with van der Waals surface area (Å²) in [5.41, 5.74) is 1.40. The number of likely N-dealkylation sites (N-methyl/N-ethyl adjacent to an activating group) is 1. The van der Waals surface area contributed by atoms with Crippen LogP contribution in [-0.2, 0) is 17.6 Å². The molecule has 0 aromatic carbocycles. The monoisotopic (exact) mass is 288 g/mol. The fourth-order valence-electron chi connectivity index (χ4n) is 2.74. The zero-order valence-electron chi connectivity index (χ0n) is 12.3. The highest BCUT2D eigenvalue weighted by atomic mass is 16.2. The van der Waals surface area contributed by atoms with Crippen LogP contribution in [-0.4, -0.2) is 58.9 Å². The van der Waals surface area contributed by atoms with Gasteiger partial charge in [-0.25, -0.2) is 4.98 Å². The minimum absolute atomic E-state index is 0.0768. The Labute approximate surface area is 123 Å². The van der Waals surface area contributed by atoms with Gasteiger partial charge in [-0.1, -0.05) is 6.08 Å². The Kier molecular flexibility index (Phi) is 3.88. The molecule has 1 fully saturated rings. The molecule has 112 valence electrons. The zero-order chi connectivity index (χ0) is 14.8. The summed E-state index contributed by atoms with van der Waals surface area (Å²) in [7, 11) is 2.06. The number of aryl methyl sites for hydroxylation is 1. The molecule has 2 heterocycles. The van der Waals surface area contributed by atoms with Crippen LogP contribution < -0.4 is 5.56 Å². The highest BCUT2D eigenvalue weighted by molar-refractivity contribution is 5.76. The number of carbonyl (C=O) groups excluding carboxylic acids is 1. The molecule has 1 aliphatic heterocycles. The Hall–Kier alpha value is -1.95. The van der Waals surface area contributed by atoms with Crippen LogP contribution in [0.3, 0.4) is 0 Å². The number of rotatable bonds is 3. The van der Waals surface area contributed by atoms with Gasteiger partial charge < -0.3 is 14.8 Å². The van der Waals surface area contributed by atoms with Crippen molar-refractivity contribution in [2.45, 2.75) is 19.3 Å². The number of amides is 1. The number of nitrogens with zero attached hydrogens (tertiary/aromatic N) is 3. The predicted octanol–water partition coefficient (Wildman–Crippen LogP) is 0.0458. The Balaban J connectivity index is 1.60. The quantitative estimate of drug-likeness (QED) is 0.853. The van der Waals surface area contributed by atoms with Crippen molar-refractivity contribution < 1.29 is 4.79 Å². The SMILES string of the molecule is CN1CCN(C(=O)CCc2nc3c(c(=O)[nH]2)CC=C3)CC1. The minimum atomic E-state index is -0.0768. The molecule has 1 saturated heterocycles. The first-order valence-corrected chi connectivity index (χ1v) is 7.38. The number of hydrogen-bond donors (Lipinski definition) is 1. The van der Waals surface area contributed by atoms with E-state index in [0.717, 1.165) is 37.4 Å². The lowest BCUT2D eigenvalue weighted by Gasteiger charge is -2.32. The van der Waals surface area contributed by atoms with Crippen LogP contribution >= 0.6 is 0 Å². The first kappa shape index (κ1) is 14.0. The molecule has 0 saturated carbocycles. The summed E-state index contributed by atoms with van der Waals surface area (Å²) in [6.07, 6.45) is 5.34. The lowest BCUT2D eigenvalue weighted by Crippen LogP contribution is -2.47. The van der Waals surface area contributed by atoms with Gasteiger partial charge >= 0.3 is 0 Å². The molecular formula is C15H20N4O2. The van der Waals surface area contributed by atoms with E-state index in [-0.39, 0.29) is 11.5 Å². The number of aromatic nitrogens is 2. The summed E-state index contributed by atoms with van der Waals surface area (Å²) in [6, 6.07) is 0. The Morgan fingerprint density at radius 3 is 2.86 bits per heavy atom. The Morgan fingerprint density at radius 2 is 2.10 bits per heavy atom. The van der Waals surface area contributed by atoms with Crippen molar-refractivity contribution in [2.75, 3.05) is 33.2 Å². The van der Waals surface area contributed by atoms with E-state index in [9.17, 15) is 9.59 Å². The molecule has 6 heteroatoms. The molecule has 1 aromatic heterocycles. The number of allylic oxidation sites excluding steroid dienone is 1. The summed E-state index contributed by atoms with van der Waals surface area (Å²) >= 11 is 0. The fourth-order valence-corrected chi connectivity index (χ4v) is 2.74. The molecule has 1 N–H and O–H groups in total. The van der Waals surface area contributed by atoms with E-state index in [1.165, 1.54) is 0 Å². The largest absolute Gasteiger partial charge is 0.340 e. The van der Waals surface area contributed by atoms with Gasteiger partial charge in [-0.3, -0.25) is 9.59 Å². The van der Waals surface area contributed by atoms with Gasteiger partial charge in [0.1, 0.15) is 5.82 Å². The lowest BCUT2D eigenvalue weighted by atomic mass is 10.2. The molecule has 2 aliphatic rings. The van der Waals surface area contributed by atoms with E-state index in [1.54, 1.807) is 0 Å². The molecular weight excluding hydrogens is 268 g/mol. The van der Waals surface area contributed by atoms with Crippen molar-refractivity contribution in [3.63, 3.8) is 0 Å². The van der Waals surface area contributed by atoms with Crippen molar-refractivity contribution in [3.05, 3.63) is 33.5 Å². The van der Waals surface area contributed by atoms with Crippen molar-refractivity contribution >= 4 is 12.0 Å². The standard InChI is InChI=1S/C15H20N4O2/c1-18-7-9-19(10-8-18)14(20)6-5-13-16-12-4-2-3-11(12)15(21)17-13/h2,4H,3,5-10H2,1H3,(H,16,17,21). The second-order valence-corrected chi connectivity index (χ2v) is 5.67. The Bertz CT molecular complexity index is 627. The van der Waals surface area contributed by atoms with E-state index in [0.29, 0.717) is 25.1 Å². The molecule has 3 rings (SSSR count). The molecule has 1 aromatic rings. The summed E-state index contributed by atoms with van der Waals surface area (Å²) in [5, 5.41) is 0. The number of nitrogens with one attached hydrogen (secondary N) is 1. The van der Waals surface area contributed by atoms with Crippen LogP contribution in [0.5, 0.6) is 0 Å². The number of piperazine rings is 1. The average molecular weight is 288 g/mol. The van der Waals surface area contributed by atoms with Crippen molar-refractivity contribution in [1.82, 2.24) is 19.8 Å². The van der Waals surface area contributed by atoms with Crippen LogP contribution in [0, 0.1) is 0 Å². The third-order valence-electron chi connectivity index (χ3n) is 4.13. The molecule has 0 radical (unpaired) electrons. The number of carbonyl (C=O) groups is 1. The average Bonchev–Trinajstić information content (AvgIpc) is 2.94. The summed E-state index contributed by atoms with van der Waals surface area (Å²) < 4.78 is 0. The summed E-state index contributed by atoms with van der Waals surface area (Å²) in [4.78, 5) is 35.4. The highest BCUT2D eigenvalue weighted by Crippen LogP contribution is 2.13. The fraction of sp³-hybridized carbons (Fsp3) is 0.533. The molecule has 0 bridgehead atoms. The normalized spacial score (nSPS) is 18.0.